The summed E-state index contributed by atoms with van der Waals surface area (Å²) in [5, 5.41) is 26.2. The molecule has 0 bridgehead atoms. The third-order valence-electron chi connectivity index (χ3n) is 3.36. The van der Waals surface area contributed by atoms with Gasteiger partial charge < -0.3 is 15.5 Å². The van der Waals surface area contributed by atoms with Gasteiger partial charge in [0.05, 0.1) is 22.8 Å². The molecular weight excluding hydrogens is 298 g/mol. The molecule has 3 N–H and O–H groups in total. The number of hydrogen-bond donors (Lipinski definition) is 3. The number of aliphatic hydroxyl groups is 1. The van der Waals surface area contributed by atoms with Crippen molar-refractivity contribution < 1.29 is 15.0 Å². The van der Waals surface area contributed by atoms with Crippen LogP contribution in [0.3, 0.4) is 0 Å². The molecule has 0 saturated heterocycles. The number of benzene rings is 1. The van der Waals surface area contributed by atoms with Gasteiger partial charge in [0.1, 0.15) is 12.1 Å². The van der Waals surface area contributed by atoms with E-state index in [-0.39, 0.29) is 12.2 Å². The minimum atomic E-state index is -1.03. The van der Waals surface area contributed by atoms with Gasteiger partial charge in [0, 0.05) is 13.2 Å². The zero-order valence-corrected chi connectivity index (χ0v) is 12.2. The highest BCUT2D eigenvalue weighted by Crippen LogP contribution is 2.23. The van der Waals surface area contributed by atoms with Gasteiger partial charge in [-0.3, -0.25) is 0 Å². The van der Waals surface area contributed by atoms with Gasteiger partial charge in [-0.05, 0) is 18.6 Å². The van der Waals surface area contributed by atoms with Crippen molar-refractivity contribution in [3.05, 3.63) is 42.4 Å². The lowest BCUT2D eigenvalue weighted by molar-refractivity contribution is 0.0697. The molecule has 0 unspecified atom stereocenters. The maximum Gasteiger partial charge on any atom is 0.337 e. The van der Waals surface area contributed by atoms with Crippen molar-refractivity contribution in [2.45, 2.75) is 6.42 Å². The number of aliphatic hydroxyl groups excluding tert-OH is 1. The van der Waals surface area contributed by atoms with Crippen LogP contribution in [0.25, 0.3) is 16.7 Å². The van der Waals surface area contributed by atoms with Crippen LogP contribution in [0.15, 0.2) is 36.8 Å². The average molecular weight is 313 g/mol. The van der Waals surface area contributed by atoms with E-state index in [4.69, 9.17) is 5.11 Å². The lowest BCUT2D eigenvalue weighted by atomic mass is 10.2. The van der Waals surface area contributed by atoms with Crippen molar-refractivity contribution in [3.63, 3.8) is 0 Å². The second kappa shape index (κ2) is 6.41. The highest BCUT2D eigenvalue weighted by atomic mass is 16.4. The lowest BCUT2D eigenvalue weighted by Gasteiger charge is -2.08. The van der Waals surface area contributed by atoms with Gasteiger partial charge in [0.2, 0.25) is 0 Å². The number of carboxylic acids is 1. The highest BCUT2D eigenvalue weighted by Gasteiger charge is 2.16. The molecule has 0 saturated carbocycles. The van der Waals surface area contributed by atoms with E-state index < -0.39 is 5.97 Å². The summed E-state index contributed by atoms with van der Waals surface area (Å²) in [6.07, 6.45) is 3.59. The predicted octanol–water partition coefficient (Wildman–Crippen LogP) is 1.31. The normalized spacial score (nSPS) is 10.8. The number of rotatable bonds is 6. The number of nitrogens with one attached hydrogen (secondary N) is 1. The summed E-state index contributed by atoms with van der Waals surface area (Å²) in [5.41, 5.74) is 1.10. The number of para-hydroxylation sites is 1. The van der Waals surface area contributed by atoms with Crippen LogP contribution in [0.5, 0.6) is 0 Å². The van der Waals surface area contributed by atoms with Gasteiger partial charge in [-0.2, -0.15) is 5.10 Å². The maximum atomic E-state index is 11.4. The third-order valence-corrected chi connectivity index (χ3v) is 3.36. The maximum absolute atomic E-state index is 11.4. The number of hydrogen-bond acceptors (Lipinski definition) is 6. The number of fused-ring (bicyclic) bond motifs is 1. The Hall–Kier alpha value is -3.00. The van der Waals surface area contributed by atoms with E-state index >= 15 is 0 Å². The largest absolute Gasteiger partial charge is 0.478 e. The first-order chi connectivity index (χ1) is 11.2. The monoisotopic (exact) mass is 313 g/mol. The first-order valence-corrected chi connectivity index (χ1v) is 7.08. The third kappa shape index (κ3) is 2.84. The zero-order valence-electron chi connectivity index (χ0n) is 12.2. The second-order valence-electron chi connectivity index (χ2n) is 4.84. The molecule has 3 aromatic rings. The Bertz CT molecular complexity index is 846. The molecule has 0 amide bonds. The average Bonchev–Trinajstić information content (AvgIpc) is 3.00. The molecule has 0 spiro atoms. The first kappa shape index (κ1) is 14.9. The van der Waals surface area contributed by atoms with E-state index in [1.54, 1.807) is 24.4 Å². The molecule has 0 aliphatic heterocycles. The number of nitrogens with zero attached hydrogens (tertiary/aromatic N) is 4. The summed E-state index contributed by atoms with van der Waals surface area (Å²) in [5.74, 6) is -0.429. The van der Waals surface area contributed by atoms with Crippen LogP contribution in [0, 0.1) is 0 Å². The molecule has 118 valence electrons. The van der Waals surface area contributed by atoms with E-state index in [1.807, 2.05) is 0 Å². The van der Waals surface area contributed by atoms with Gasteiger partial charge >= 0.3 is 5.97 Å². The van der Waals surface area contributed by atoms with Gasteiger partial charge in [-0.25, -0.2) is 19.4 Å². The first-order valence-electron chi connectivity index (χ1n) is 7.08. The SMILES string of the molecule is O=C(O)c1ccccc1-n1ncc2c(NCCCO)ncnc21. The molecule has 0 atom stereocenters. The quantitative estimate of drug-likeness (QED) is 0.588. The van der Waals surface area contributed by atoms with Gasteiger partial charge in [-0.15, -0.1) is 0 Å². The minimum absolute atomic E-state index is 0.0898. The molecule has 2 heterocycles. The molecule has 1 aromatic carbocycles. The van der Waals surface area contributed by atoms with Crippen LogP contribution in [-0.2, 0) is 0 Å². The van der Waals surface area contributed by atoms with Crippen molar-refractivity contribution in [1.29, 1.82) is 0 Å². The summed E-state index contributed by atoms with van der Waals surface area (Å²) >= 11 is 0. The van der Waals surface area contributed by atoms with Crippen molar-refractivity contribution in [3.8, 4) is 5.69 Å². The molecule has 3 rings (SSSR count). The molecule has 23 heavy (non-hydrogen) atoms. The van der Waals surface area contributed by atoms with E-state index in [9.17, 15) is 9.90 Å². The summed E-state index contributed by atoms with van der Waals surface area (Å²) in [6.45, 7) is 0.659. The topological polar surface area (TPSA) is 113 Å². The number of aromatic carboxylic acids is 1. The Morgan fingerprint density at radius 3 is 2.87 bits per heavy atom. The summed E-state index contributed by atoms with van der Waals surface area (Å²) in [6, 6.07) is 6.61. The van der Waals surface area contributed by atoms with Gasteiger partial charge in [-0.1, -0.05) is 12.1 Å². The van der Waals surface area contributed by atoms with Crippen LogP contribution in [0.4, 0.5) is 5.82 Å². The van der Waals surface area contributed by atoms with Crippen LogP contribution in [0.1, 0.15) is 16.8 Å². The molecule has 2 aromatic heterocycles. The molecule has 0 fully saturated rings. The van der Waals surface area contributed by atoms with E-state index in [0.717, 1.165) is 0 Å². The standard InChI is InChI=1S/C15H15N5O3/c21-7-3-6-16-13-11-8-19-20(14(11)18-9-17-13)12-5-2-1-4-10(12)15(22)23/h1-2,4-5,8-9,21H,3,6-7H2,(H,22,23)(H,16,17,18). The lowest BCUT2D eigenvalue weighted by Crippen LogP contribution is -2.08. The number of carbonyl (C=O) groups is 1. The van der Waals surface area contributed by atoms with E-state index in [0.29, 0.717) is 35.5 Å². The second-order valence-corrected chi connectivity index (χ2v) is 4.84. The number of carboxylic acid groups (broad SMARTS) is 1. The Kier molecular flexibility index (Phi) is 4.15. The number of anilines is 1. The summed E-state index contributed by atoms with van der Waals surface area (Å²) in [7, 11) is 0. The van der Waals surface area contributed by atoms with Crippen LogP contribution >= 0.6 is 0 Å². The highest BCUT2D eigenvalue weighted by molar-refractivity contribution is 5.93. The minimum Gasteiger partial charge on any atom is -0.478 e. The van der Waals surface area contributed by atoms with Gasteiger partial charge in [0.15, 0.2) is 5.65 Å². The van der Waals surface area contributed by atoms with Crippen molar-refractivity contribution in [2.75, 3.05) is 18.5 Å². The Balaban J connectivity index is 2.07. The summed E-state index contributed by atoms with van der Waals surface area (Å²) in [4.78, 5) is 19.8. The van der Waals surface area contributed by atoms with Crippen molar-refractivity contribution in [1.82, 2.24) is 19.7 Å². The molecule has 8 nitrogen and oxygen atoms in total. The molecular formula is C15H15N5O3. The fraction of sp³-hybridized carbons (Fsp3) is 0.200. The molecule has 0 radical (unpaired) electrons. The van der Waals surface area contributed by atoms with Crippen LogP contribution in [0.2, 0.25) is 0 Å². The Labute approximate surface area is 131 Å². The van der Waals surface area contributed by atoms with Crippen molar-refractivity contribution in [2.24, 2.45) is 0 Å². The fourth-order valence-corrected chi connectivity index (χ4v) is 2.29. The molecule has 8 heteroatoms. The Morgan fingerprint density at radius 2 is 2.09 bits per heavy atom. The smallest absolute Gasteiger partial charge is 0.337 e. The van der Waals surface area contributed by atoms with Crippen molar-refractivity contribution >= 4 is 22.8 Å². The zero-order chi connectivity index (χ0) is 16.2. The van der Waals surface area contributed by atoms with E-state index in [1.165, 1.54) is 17.1 Å². The Morgan fingerprint density at radius 1 is 1.26 bits per heavy atom. The van der Waals surface area contributed by atoms with Gasteiger partial charge in [0.25, 0.3) is 0 Å². The van der Waals surface area contributed by atoms with E-state index in [2.05, 4.69) is 20.4 Å². The summed E-state index contributed by atoms with van der Waals surface area (Å²) < 4.78 is 1.48. The fourth-order valence-electron chi connectivity index (χ4n) is 2.29. The predicted molar refractivity (Wildman–Crippen MR) is 83.8 cm³/mol. The molecule has 0 aliphatic carbocycles. The molecule has 0 aliphatic rings. The van der Waals surface area contributed by atoms with Crippen LogP contribution < -0.4 is 5.32 Å². The number of aromatic nitrogens is 4. The van der Waals surface area contributed by atoms with Crippen LogP contribution in [-0.4, -0.2) is 49.1 Å².